The molecule has 0 heterocycles. The van der Waals surface area contributed by atoms with Crippen molar-refractivity contribution in [2.24, 2.45) is 5.73 Å². The van der Waals surface area contributed by atoms with Gasteiger partial charge in [0.05, 0.1) is 18.1 Å². The molecule has 1 aromatic rings. The Kier molecular flexibility index (Phi) is 5.98. The first kappa shape index (κ1) is 15.1. The van der Waals surface area contributed by atoms with Crippen LogP contribution < -0.4 is 11.1 Å². The number of methoxy groups -OCH3 is 1. The van der Waals surface area contributed by atoms with Gasteiger partial charge >= 0.3 is 5.97 Å². The smallest absolute Gasteiger partial charge is 0.335 e. The van der Waals surface area contributed by atoms with E-state index in [4.69, 9.17) is 15.6 Å². The summed E-state index contributed by atoms with van der Waals surface area (Å²) in [6.07, 6.45) is -0.0744. The molecule has 1 rings (SSSR count). The zero-order chi connectivity index (χ0) is 14.3. The third kappa shape index (κ3) is 5.07. The van der Waals surface area contributed by atoms with Gasteiger partial charge in [-0.25, -0.2) is 4.79 Å². The maximum absolute atomic E-state index is 11.6. The van der Waals surface area contributed by atoms with Crippen molar-refractivity contribution in [2.45, 2.75) is 19.1 Å². The second kappa shape index (κ2) is 7.50. The third-order valence-corrected chi connectivity index (χ3v) is 2.70. The highest BCUT2D eigenvalue weighted by Gasteiger charge is 2.11. The summed E-state index contributed by atoms with van der Waals surface area (Å²) in [6, 6.07) is 6.34. The summed E-state index contributed by atoms with van der Waals surface area (Å²) in [5.74, 6) is -1.12. The molecule has 1 aromatic carbocycles. The van der Waals surface area contributed by atoms with E-state index in [1.165, 1.54) is 19.2 Å². The number of carbonyl (C=O) groups is 2. The average Bonchev–Trinajstić information content (AvgIpc) is 2.43. The van der Waals surface area contributed by atoms with Gasteiger partial charge in [-0.2, -0.15) is 0 Å². The molecule has 0 aliphatic carbocycles. The molecule has 0 radical (unpaired) electrons. The minimum Gasteiger partial charge on any atom is -0.478 e. The Morgan fingerprint density at radius 3 is 2.47 bits per heavy atom. The van der Waals surface area contributed by atoms with E-state index >= 15 is 0 Å². The topological polar surface area (TPSA) is 102 Å². The van der Waals surface area contributed by atoms with Crippen molar-refractivity contribution in [3.63, 3.8) is 0 Å². The zero-order valence-corrected chi connectivity index (χ0v) is 10.8. The number of ether oxygens (including phenoxy) is 1. The lowest BCUT2D eigenvalue weighted by atomic mass is 10.1. The average molecular weight is 266 g/mol. The number of hydrogen-bond donors (Lipinski definition) is 3. The molecule has 0 spiro atoms. The van der Waals surface area contributed by atoms with Gasteiger partial charge in [0, 0.05) is 20.2 Å². The van der Waals surface area contributed by atoms with Crippen LogP contribution in [0, 0.1) is 0 Å². The largest absolute Gasteiger partial charge is 0.478 e. The van der Waals surface area contributed by atoms with E-state index in [-0.39, 0.29) is 30.5 Å². The summed E-state index contributed by atoms with van der Waals surface area (Å²) in [5, 5.41) is 11.5. The van der Waals surface area contributed by atoms with Crippen molar-refractivity contribution in [1.82, 2.24) is 5.32 Å². The highest BCUT2D eigenvalue weighted by molar-refractivity contribution is 5.87. The van der Waals surface area contributed by atoms with E-state index < -0.39 is 5.97 Å². The van der Waals surface area contributed by atoms with Crippen LogP contribution in [0.4, 0.5) is 0 Å². The van der Waals surface area contributed by atoms with Gasteiger partial charge in [0.25, 0.3) is 0 Å². The fraction of sp³-hybridized carbons (Fsp3) is 0.385. The lowest BCUT2D eigenvalue weighted by Crippen LogP contribution is -2.31. The van der Waals surface area contributed by atoms with Crippen LogP contribution in [0.25, 0.3) is 0 Å². The Labute approximate surface area is 111 Å². The predicted octanol–water partition coefficient (Wildman–Crippen LogP) is 0.365. The minimum absolute atomic E-state index is 0.153. The Morgan fingerprint density at radius 1 is 1.37 bits per heavy atom. The number of hydrogen-bond acceptors (Lipinski definition) is 4. The Balaban J connectivity index is 2.43. The van der Waals surface area contributed by atoms with Crippen LogP contribution in [0.1, 0.15) is 22.3 Å². The van der Waals surface area contributed by atoms with Crippen molar-refractivity contribution < 1.29 is 19.4 Å². The third-order valence-electron chi connectivity index (χ3n) is 2.70. The van der Waals surface area contributed by atoms with E-state index in [2.05, 4.69) is 5.32 Å². The first-order chi connectivity index (χ1) is 9.06. The van der Waals surface area contributed by atoms with Crippen LogP contribution in [0.2, 0.25) is 0 Å². The fourth-order valence-corrected chi connectivity index (χ4v) is 1.51. The summed E-state index contributed by atoms with van der Waals surface area (Å²) in [7, 11) is 1.51. The standard InChI is InChI=1S/C13H18N2O4/c1-19-11(7-14)6-12(16)15-8-9-2-4-10(5-3-9)13(17)18/h2-5,11H,6-8,14H2,1H3,(H,15,16)(H,17,18). The number of benzene rings is 1. The van der Waals surface area contributed by atoms with E-state index in [1.807, 2.05) is 0 Å². The fourth-order valence-electron chi connectivity index (χ4n) is 1.51. The van der Waals surface area contributed by atoms with Crippen LogP contribution in [0.15, 0.2) is 24.3 Å². The summed E-state index contributed by atoms with van der Waals surface area (Å²) in [5.41, 5.74) is 6.48. The molecule has 4 N–H and O–H groups in total. The van der Waals surface area contributed by atoms with Gasteiger partial charge in [0.15, 0.2) is 0 Å². The quantitative estimate of drug-likeness (QED) is 0.661. The molecule has 6 nitrogen and oxygen atoms in total. The summed E-state index contributed by atoms with van der Waals surface area (Å²) < 4.78 is 5.01. The van der Waals surface area contributed by atoms with E-state index in [9.17, 15) is 9.59 Å². The maximum atomic E-state index is 11.6. The first-order valence-electron chi connectivity index (χ1n) is 5.88. The molecule has 0 aromatic heterocycles. The predicted molar refractivity (Wildman–Crippen MR) is 69.7 cm³/mol. The molecule has 0 fully saturated rings. The van der Waals surface area contributed by atoms with Gasteiger partial charge in [-0.15, -0.1) is 0 Å². The molecule has 0 bridgehead atoms. The molecule has 1 atom stereocenters. The van der Waals surface area contributed by atoms with Crippen LogP contribution in [-0.4, -0.2) is 36.7 Å². The lowest BCUT2D eigenvalue weighted by Gasteiger charge is -2.12. The Hall–Kier alpha value is -1.92. The van der Waals surface area contributed by atoms with Gasteiger partial charge in [-0.1, -0.05) is 12.1 Å². The Bertz CT molecular complexity index is 427. The van der Waals surface area contributed by atoms with E-state index in [0.29, 0.717) is 6.54 Å². The second-order valence-electron chi connectivity index (χ2n) is 4.08. The van der Waals surface area contributed by atoms with Crippen molar-refractivity contribution in [1.29, 1.82) is 0 Å². The molecule has 0 aliphatic heterocycles. The molecule has 0 aliphatic rings. The van der Waals surface area contributed by atoms with Crippen LogP contribution in [-0.2, 0) is 16.1 Å². The van der Waals surface area contributed by atoms with Gasteiger partial charge in [-0.3, -0.25) is 4.79 Å². The van der Waals surface area contributed by atoms with Gasteiger partial charge in [-0.05, 0) is 17.7 Å². The molecule has 1 unspecified atom stereocenters. The Morgan fingerprint density at radius 2 is 2.00 bits per heavy atom. The van der Waals surface area contributed by atoms with Crippen LogP contribution in [0.3, 0.4) is 0 Å². The number of amides is 1. The summed E-state index contributed by atoms with van der Waals surface area (Å²) in [6.45, 7) is 0.636. The number of carboxylic acid groups (broad SMARTS) is 1. The van der Waals surface area contributed by atoms with Crippen molar-refractivity contribution in [2.75, 3.05) is 13.7 Å². The summed E-state index contributed by atoms with van der Waals surface area (Å²) in [4.78, 5) is 22.2. The maximum Gasteiger partial charge on any atom is 0.335 e. The highest BCUT2D eigenvalue weighted by Crippen LogP contribution is 2.04. The van der Waals surface area contributed by atoms with E-state index in [1.54, 1.807) is 12.1 Å². The van der Waals surface area contributed by atoms with Crippen LogP contribution in [0.5, 0.6) is 0 Å². The van der Waals surface area contributed by atoms with Crippen LogP contribution >= 0.6 is 0 Å². The number of nitrogens with one attached hydrogen (secondary N) is 1. The molecular formula is C13H18N2O4. The second-order valence-corrected chi connectivity index (χ2v) is 4.08. The molecule has 6 heteroatoms. The summed E-state index contributed by atoms with van der Waals surface area (Å²) >= 11 is 0. The molecule has 104 valence electrons. The number of carboxylic acids is 1. The number of nitrogens with two attached hydrogens (primary N) is 1. The highest BCUT2D eigenvalue weighted by atomic mass is 16.5. The molecule has 1 amide bonds. The van der Waals surface area contributed by atoms with Crippen molar-refractivity contribution in [3.05, 3.63) is 35.4 Å². The van der Waals surface area contributed by atoms with Gasteiger partial charge in [0.2, 0.25) is 5.91 Å². The van der Waals surface area contributed by atoms with Crippen molar-refractivity contribution >= 4 is 11.9 Å². The van der Waals surface area contributed by atoms with Gasteiger partial charge in [0.1, 0.15) is 0 Å². The minimum atomic E-state index is -0.971. The molecule has 0 saturated carbocycles. The number of carbonyl (C=O) groups excluding carboxylic acids is 1. The number of rotatable bonds is 7. The first-order valence-corrected chi connectivity index (χ1v) is 5.88. The van der Waals surface area contributed by atoms with E-state index in [0.717, 1.165) is 5.56 Å². The molecular weight excluding hydrogens is 248 g/mol. The lowest BCUT2D eigenvalue weighted by molar-refractivity contribution is -0.123. The SMILES string of the molecule is COC(CN)CC(=O)NCc1ccc(C(=O)O)cc1. The zero-order valence-electron chi connectivity index (χ0n) is 10.8. The van der Waals surface area contributed by atoms with Crippen molar-refractivity contribution in [3.8, 4) is 0 Å². The monoisotopic (exact) mass is 266 g/mol. The normalized spacial score (nSPS) is 11.9. The van der Waals surface area contributed by atoms with Gasteiger partial charge < -0.3 is 20.9 Å². The molecule has 19 heavy (non-hydrogen) atoms. The number of aromatic carboxylic acids is 1. The molecule has 0 saturated heterocycles.